The Morgan fingerprint density at radius 3 is 2.80 bits per heavy atom. The van der Waals surface area contributed by atoms with E-state index in [0.29, 0.717) is 26.2 Å². The predicted molar refractivity (Wildman–Crippen MR) is 76.5 cm³/mol. The lowest BCUT2D eigenvalue weighted by Crippen LogP contribution is -2.30. The van der Waals surface area contributed by atoms with E-state index in [9.17, 15) is 9.59 Å². The third kappa shape index (κ3) is 5.46. The molecule has 2 amide bonds. The maximum atomic E-state index is 11.6. The summed E-state index contributed by atoms with van der Waals surface area (Å²) in [5.74, 6) is -1.08. The number of urea groups is 1. The van der Waals surface area contributed by atoms with E-state index in [2.05, 4.69) is 10.6 Å². The van der Waals surface area contributed by atoms with Crippen molar-refractivity contribution in [3.05, 3.63) is 28.8 Å². The van der Waals surface area contributed by atoms with Gasteiger partial charge in [-0.2, -0.15) is 0 Å². The zero-order valence-electron chi connectivity index (χ0n) is 11.1. The summed E-state index contributed by atoms with van der Waals surface area (Å²) < 4.78 is 5.14. The topological polar surface area (TPSA) is 87.7 Å². The first kappa shape index (κ1) is 16.3. The number of carbonyl (C=O) groups excluding carboxylic acids is 1. The van der Waals surface area contributed by atoms with Gasteiger partial charge in [0.15, 0.2) is 0 Å². The monoisotopic (exact) mass is 300 g/mol. The van der Waals surface area contributed by atoms with Crippen molar-refractivity contribution in [2.75, 3.05) is 25.1 Å². The lowest BCUT2D eigenvalue weighted by atomic mass is 10.2. The van der Waals surface area contributed by atoms with Gasteiger partial charge < -0.3 is 20.5 Å². The van der Waals surface area contributed by atoms with Gasteiger partial charge >= 0.3 is 12.0 Å². The quantitative estimate of drug-likeness (QED) is 0.675. The fraction of sp³-hybridized carbons (Fsp3) is 0.385. The summed E-state index contributed by atoms with van der Waals surface area (Å²) in [5.41, 5.74) is 0.315. The summed E-state index contributed by atoms with van der Waals surface area (Å²) in [7, 11) is 0. The Balaban J connectivity index is 2.49. The van der Waals surface area contributed by atoms with E-state index < -0.39 is 12.0 Å². The number of halogens is 1. The molecular weight excluding hydrogens is 284 g/mol. The summed E-state index contributed by atoms with van der Waals surface area (Å²) >= 11 is 5.89. The average molecular weight is 301 g/mol. The average Bonchev–Trinajstić information content (AvgIpc) is 2.40. The number of aromatic carboxylic acids is 1. The Morgan fingerprint density at radius 1 is 1.40 bits per heavy atom. The third-order valence-electron chi connectivity index (χ3n) is 2.42. The van der Waals surface area contributed by atoms with Crippen molar-refractivity contribution in [1.82, 2.24) is 5.32 Å². The van der Waals surface area contributed by atoms with E-state index >= 15 is 0 Å². The lowest BCUT2D eigenvalue weighted by molar-refractivity contribution is 0.0697. The van der Waals surface area contributed by atoms with Crippen molar-refractivity contribution in [1.29, 1.82) is 0 Å². The fourth-order valence-electron chi connectivity index (χ4n) is 1.44. The number of hydrogen-bond donors (Lipinski definition) is 3. The molecule has 0 heterocycles. The number of hydrogen-bond acceptors (Lipinski definition) is 3. The Morgan fingerprint density at radius 2 is 2.15 bits per heavy atom. The molecule has 0 aliphatic heterocycles. The lowest BCUT2D eigenvalue weighted by Gasteiger charge is -2.09. The zero-order chi connectivity index (χ0) is 15.0. The van der Waals surface area contributed by atoms with Crippen LogP contribution in [0.25, 0.3) is 0 Å². The summed E-state index contributed by atoms with van der Waals surface area (Å²) in [6.07, 6.45) is 0.699. The minimum absolute atomic E-state index is 0.0565. The maximum absolute atomic E-state index is 11.6. The van der Waals surface area contributed by atoms with Crippen LogP contribution in [-0.2, 0) is 4.74 Å². The van der Waals surface area contributed by atoms with Crippen LogP contribution in [0.5, 0.6) is 0 Å². The molecule has 0 fully saturated rings. The van der Waals surface area contributed by atoms with E-state index in [4.69, 9.17) is 21.4 Å². The van der Waals surface area contributed by atoms with Gasteiger partial charge in [-0.15, -0.1) is 0 Å². The Hall–Kier alpha value is -1.79. The fourth-order valence-corrected chi connectivity index (χ4v) is 1.61. The van der Waals surface area contributed by atoms with Crippen molar-refractivity contribution in [3.63, 3.8) is 0 Å². The molecular formula is C13H17ClN2O4. The largest absolute Gasteiger partial charge is 0.478 e. The molecule has 20 heavy (non-hydrogen) atoms. The molecule has 0 atom stereocenters. The molecule has 0 aliphatic carbocycles. The van der Waals surface area contributed by atoms with Gasteiger partial charge in [0.25, 0.3) is 0 Å². The third-order valence-corrected chi connectivity index (χ3v) is 2.75. The molecule has 1 aromatic rings. The van der Waals surface area contributed by atoms with Crippen LogP contribution < -0.4 is 10.6 Å². The first-order chi connectivity index (χ1) is 9.54. The van der Waals surface area contributed by atoms with E-state index in [1.807, 2.05) is 6.92 Å². The van der Waals surface area contributed by atoms with Crippen LogP contribution in [0, 0.1) is 0 Å². The van der Waals surface area contributed by atoms with Gasteiger partial charge in [0.05, 0.1) is 16.3 Å². The minimum atomic E-state index is -1.08. The molecule has 0 unspecified atom stereocenters. The standard InChI is InChI=1S/C13H17ClN2O4/c1-2-20-7-3-6-15-13(19)16-11-8-9(12(17)18)4-5-10(11)14/h4-5,8H,2-3,6-7H2,1H3,(H,17,18)(H2,15,16,19). The molecule has 1 aromatic carbocycles. The van der Waals surface area contributed by atoms with Crippen LogP contribution in [0.2, 0.25) is 5.02 Å². The Bertz CT molecular complexity index is 479. The summed E-state index contributed by atoms with van der Waals surface area (Å²) in [4.78, 5) is 22.4. The van der Waals surface area contributed by atoms with E-state index in [1.165, 1.54) is 18.2 Å². The first-order valence-electron chi connectivity index (χ1n) is 6.20. The SMILES string of the molecule is CCOCCCNC(=O)Nc1cc(C(=O)O)ccc1Cl. The van der Waals surface area contributed by atoms with Gasteiger partial charge in [-0.3, -0.25) is 0 Å². The van der Waals surface area contributed by atoms with Gasteiger partial charge in [-0.1, -0.05) is 11.6 Å². The highest BCUT2D eigenvalue weighted by Gasteiger charge is 2.09. The van der Waals surface area contributed by atoms with Crippen LogP contribution >= 0.6 is 11.6 Å². The van der Waals surface area contributed by atoms with Crippen LogP contribution in [0.4, 0.5) is 10.5 Å². The number of rotatable bonds is 7. The number of anilines is 1. The zero-order valence-corrected chi connectivity index (χ0v) is 11.9. The van der Waals surface area contributed by atoms with Crippen molar-refractivity contribution < 1.29 is 19.4 Å². The first-order valence-corrected chi connectivity index (χ1v) is 6.57. The van der Waals surface area contributed by atoms with Crippen molar-refractivity contribution in [2.45, 2.75) is 13.3 Å². The highest BCUT2D eigenvalue weighted by Crippen LogP contribution is 2.22. The molecule has 110 valence electrons. The second kappa shape index (κ2) is 8.39. The normalized spacial score (nSPS) is 10.1. The van der Waals surface area contributed by atoms with Crippen LogP contribution in [0.3, 0.4) is 0 Å². The molecule has 0 spiro atoms. The van der Waals surface area contributed by atoms with Crippen molar-refractivity contribution >= 4 is 29.3 Å². The second-order valence-corrected chi connectivity index (χ2v) is 4.34. The molecule has 0 saturated carbocycles. The predicted octanol–water partition coefficient (Wildman–Crippen LogP) is 2.59. The van der Waals surface area contributed by atoms with Gasteiger partial charge in [0.2, 0.25) is 0 Å². The number of carbonyl (C=O) groups is 2. The van der Waals surface area contributed by atoms with Gasteiger partial charge in [-0.05, 0) is 31.5 Å². The maximum Gasteiger partial charge on any atom is 0.335 e. The van der Waals surface area contributed by atoms with Gasteiger partial charge in [0.1, 0.15) is 0 Å². The van der Waals surface area contributed by atoms with Crippen LogP contribution in [0.15, 0.2) is 18.2 Å². The van der Waals surface area contributed by atoms with E-state index in [1.54, 1.807) is 0 Å². The summed E-state index contributed by atoms with van der Waals surface area (Å²) in [6.45, 7) is 3.58. The number of amides is 2. The highest BCUT2D eigenvalue weighted by molar-refractivity contribution is 6.33. The molecule has 7 heteroatoms. The second-order valence-electron chi connectivity index (χ2n) is 3.93. The van der Waals surface area contributed by atoms with Crippen LogP contribution in [-0.4, -0.2) is 36.9 Å². The number of ether oxygens (including phenoxy) is 1. The Kier molecular flexibility index (Phi) is 6.83. The molecule has 0 saturated heterocycles. The number of benzene rings is 1. The highest BCUT2D eigenvalue weighted by atomic mass is 35.5. The van der Waals surface area contributed by atoms with Gasteiger partial charge in [-0.25, -0.2) is 9.59 Å². The molecule has 6 nitrogen and oxygen atoms in total. The number of carboxylic acids is 1. The van der Waals surface area contributed by atoms with E-state index in [0.717, 1.165) is 0 Å². The molecule has 0 aliphatic rings. The molecule has 0 radical (unpaired) electrons. The van der Waals surface area contributed by atoms with Crippen molar-refractivity contribution in [3.8, 4) is 0 Å². The number of nitrogens with one attached hydrogen (secondary N) is 2. The molecule has 3 N–H and O–H groups in total. The summed E-state index contributed by atoms with van der Waals surface area (Å²) in [6, 6.07) is 3.67. The number of carboxylic acid groups (broad SMARTS) is 1. The smallest absolute Gasteiger partial charge is 0.335 e. The molecule has 1 rings (SSSR count). The minimum Gasteiger partial charge on any atom is -0.478 e. The van der Waals surface area contributed by atoms with Crippen molar-refractivity contribution in [2.24, 2.45) is 0 Å². The van der Waals surface area contributed by atoms with E-state index in [-0.39, 0.29) is 16.3 Å². The Labute approximate surface area is 122 Å². The van der Waals surface area contributed by atoms with Crippen LogP contribution in [0.1, 0.15) is 23.7 Å². The van der Waals surface area contributed by atoms with Gasteiger partial charge in [0, 0.05) is 19.8 Å². The molecule has 0 bridgehead atoms. The summed E-state index contributed by atoms with van der Waals surface area (Å²) in [5, 5.41) is 14.3. The molecule has 0 aromatic heterocycles.